The van der Waals surface area contributed by atoms with Crippen LogP contribution in [0.2, 0.25) is 0 Å². The molecule has 0 heterocycles. The van der Waals surface area contributed by atoms with E-state index in [-0.39, 0.29) is 57.5 Å². The van der Waals surface area contributed by atoms with Gasteiger partial charge in [0.15, 0.2) is 0 Å². The molecule has 2 rings (SSSR count). The summed E-state index contributed by atoms with van der Waals surface area (Å²) >= 11 is 0. The molecular weight excluding hydrogens is 267 g/mol. The molecule has 0 atom stereocenters. The van der Waals surface area contributed by atoms with Crippen molar-refractivity contribution in [1.82, 2.24) is 0 Å². The van der Waals surface area contributed by atoms with Gasteiger partial charge in [0.05, 0.1) is 0 Å². The third-order valence-corrected chi connectivity index (χ3v) is 1.17. The van der Waals surface area contributed by atoms with Crippen molar-refractivity contribution >= 4 is 35.8 Å². The van der Waals surface area contributed by atoms with E-state index < -0.39 is 0 Å². The summed E-state index contributed by atoms with van der Waals surface area (Å²) in [4.78, 5) is 0. The minimum absolute atomic E-state index is 0. The first kappa shape index (κ1) is 24.0. The van der Waals surface area contributed by atoms with Crippen molar-refractivity contribution in [2.75, 3.05) is 0 Å². The van der Waals surface area contributed by atoms with Gasteiger partial charge in [0.25, 0.3) is 0 Å². The van der Waals surface area contributed by atoms with E-state index in [1.807, 2.05) is 24.3 Å². The van der Waals surface area contributed by atoms with Gasteiger partial charge >= 0.3 is 21.7 Å². The number of rotatable bonds is 0. The van der Waals surface area contributed by atoms with Crippen LogP contribution in [-0.4, -0.2) is 11.0 Å². The maximum absolute atomic E-state index is 2.99. The summed E-state index contributed by atoms with van der Waals surface area (Å²) < 4.78 is 0. The predicted molar refractivity (Wildman–Crippen MR) is 67.6 cm³/mol. The van der Waals surface area contributed by atoms with Gasteiger partial charge in [-0.15, -0.1) is 37.7 Å². The van der Waals surface area contributed by atoms with E-state index in [0.717, 1.165) is 12.8 Å². The maximum atomic E-state index is 2.99. The van der Waals surface area contributed by atoms with E-state index in [4.69, 9.17) is 0 Å². The summed E-state index contributed by atoms with van der Waals surface area (Å²) in [6.45, 7) is 0. The Balaban J connectivity index is -0.0000000556. The molecule has 2 aliphatic carbocycles. The van der Waals surface area contributed by atoms with Gasteiger partial charge in [0, 0.05) is 0 Å². The number of hydrogen-bond donors (Lipinski definition) is 0. The first-order valence-corrected chi connectivity index (χ1v) is 3.43. The minimum Gasteiger partial charge on any atom is -0.273 e. The average Bonchev–Trinajstić information content (AvgIpc) is 2.67. The van der Waals surface area contributed by atoms with Crippen LogP contribution >= 0.6 is 24.8 Å². The van der Waals surface area contributed by atoms with E-state index in [1.165, 1.54) is 0 Å². The Labute approximate surface area is 118 Å². The van der Waals surface area contributed by atoms with Crippen molar-refractivity contribution < 1.29 is 21.7 Å². The zero-order valence-electron chi connectivity index (χ0n) is 8.19. The van der Waals surface area contributed by atoms with Crippen LogP contribution in [0.1, 0.15) is 12.8 Å². The van der Waals surface area contributed by atoms with Gasteiger partial charge in [-0.2, -0.15) is 12.2 Å². The van der Waals surface area contributed by atoms with E-state index in [2.05, 4.69) is 24.3 Å². The van der Waals surface area contributed by atoms with Gasteiger partial charge in [-0.05, 0) is 11.0 Å². The summed E-state index contributed by atoms with van der Waals surface area (Å²) in [5, 5.41) is 0. The van der Waals surface area contributed by atoms with Crippen molar-refractivity contribution in [2.45, 2.75) is 12.8 Å². The molecule has 0 aliphatic heterocycles. The zero-order valence-corrected chi connectivity index (χ0v) is 13.4. The quantitative estimate of drug-likeness (QED) is 0.472. The molecule has 14 heavy (non-hydrogen) atoms. The Bertz CT molecular complexity index is 156. The Morgan fingerprint density at radius 2 is 1.14 bits per heavy atom. The monoisotopic (exact) mass is 281 g/mol. The topological polar surface area (TPSA) is 0 Å². The first-order chi connectivity index (χ1) is 5.00. The molecule has 4 heteroatoms. The zero-order chi connectivity index (χ0) is 7.07. The third-order valence-electron chi connectivity index (χ3n) is 1.17. The summed E-state index contributed by atoms with van der Waals surface area (Å²) in [7, 11) is 0. The Hall–Kier alpha value is 0.471. The van der Waals surface area contributed by atoms with Gasteiger partial charge in [0.2, 0.25) is 0 Å². The van der Waals surface area contributed by atoms with Crippen molar-refractivity contribution in [2.24, 2.45) is 0 Å². The van der Waals surface area contributed by atoms with Crippen molar-refractivity contribution in [3.63, 3.8) is 0 Å². The van der Waals surface area contributed by atoms with Crippen LogP contribution < -0.4 is 0 Å². The molecule has 2 aliphatic rings. The van der Waals surface area contributed by atoms with E-state index in [0.29, 0.717) is 0 Å². The fourth-order valence-electron chi connectivity index (χ4n) is 0.680. The fraction of sp³-hybridized carbons (Fsp3) is 0.200. The standard InChI is InChI=1S/2C5H5.2ClH.H3Si.Ti/c2*1-2-4-5-3-1;;;;/h2*1-3H,4H2;2*1H;1H3;/q2*-1;;;;+2. The molecule has 0 N–H and O–H groups in total. The molecule has 0 saturated carbocycles. The van der Waals surface area contributed by atoms with Crippen LogP contribution in [0.4, 0.5) is 0 Å². The van der Waals surface area contributed by atoms with Gasteiger partial charge in [-0.1, -0.05) is 0 Å². The molecular formula is C10H15Cl2SiTi. The number of halogens is 2. The Morgan fingerprint density at radius 3 is 1.21 bits per heavy atom. The van der Waals surface area contributed by atoms with Gasteiger partial charge in [-0.3, -0.25) is 12.2 Å². The summed E-state index contributed by atoms with van der Waals surface area (Å²) in [5.41, 5.74) is 0. The molecule has 0 nitrogen and oxygen atoms in total. The normalized spacial score (nSPS) is 12.6. The molecule has 0 aromatic carbocycles. The molecule has 1 radical (unpaired) electrons. The molecule has 0 aromatic rings. The summed E-state index contributed by atoms with van der Waals surface area (Å²) in [5.74, 6) is 0. The van der Waals surface area contributed by atoms with Crippen LogP contribution in [0.3, 0.4) is 0 Å². The second kappa shape index (κ2) is 19.1. The maximum Gasteiger partial charge on any atom is 2.00 e. The molecule has 0 saturated heterocycles. The van der Waals surface area contributed by atoms with Crippen molar-refractivity contribution in [1.29, 1.82) is 0 Å². The molecule has 0 bridgehead atoms. The summed E-state index contributed by atoms with van der Waals surface area (Å²) in [6, 6.07) is 0. The Morgan fingerprint density at radius 1 is 0.786 bits per heavy atom. The molecule has 0 unspecified atom stereocenters. The minimum atomic E-state index is 0. The SMILES string of the molecule is Cl.Cl.[C-]1=CC=CC1.[C-]1=CC=CC1.[SiH3].[Ti+2]. The number of allylic oxidation sites excluding steroid dienone is 8. The third kappa shape index (κ3) is 15.0. The van der Waals surface area contributed by atoms with E-state index in [9.17, 15) is 0 Å². The molecule has 0 fully saturated rings. The van der Waals surface area contributed by atoms with Gasteiger partial charge in [-0.25, -0.2) is 24.3 Å². The second-order valence-corrected chi connectivity index (χ2v) is 2.01. The van der Waals surface area contributed by atoms with Crippen LogP contribution in [-0.2, 0) is 21.7 Å². The molecule has 0 aromatic heterocycles. The second-order valence-electron chi connectivity index (χ2n) is 2.01. The Kier molecular flexibility index (Phi) is 32.7. The predicted octanol–water partition coefficient (Wildman–Crippen LogP) is 2.27. The largest absolute Gasteiger partial charge is 2.00 e. The van der Waals surface area contributed by atoms with Gasteiger partial charge < -0.3 is 0 Å². The van der Waals surface area contributed by atoms with Crippen molar-refractivity contribution in [3.05, 3.63) is 48.6 Å². The van der Waals surface area contributed by atoms with E-state index in [1.54, 1.807) is 0 Å². The van der Waals surface area contributed by atoms with Crippen molar-refractivity contribution in [3.8, 4) is 0 Å². The first-order valence-electron chi connectivity index (χ1n) is 3.43. The number of hydrogen-bond acceptors (Lipinski definition) is 0. The van der Waals surface area contributed by atoms with Crippen LogP contribution in [0, 0.1) is 12.2 Å². The van der Waals surface area contributed by atoms with Crippen LogP contribution in [0.25, 0.3) is 0 Å². The smallest absolute Gasteiger partial charge is 0.273 e. The average molecular weight is 282 g/mol. The van der Waals surface area contributed by atoms with Crippen LogP contribution in [0.5, 0.6) is 0 Å². The van der Waals surface area contributed by atoms with Crippen LogP contribution in [0.15, 0.2) is 36.5 Å². The van der Waals surface area contributed by atoms with E-state index >= 15 is 0 Å². The molecule has 0 amide bonds. The fourth-order valence-corrected chi connectivity index (χ4v) is 0.680. The molecule has 0 spiro atoms. The van der Waals surface area contributed by atoms with Gasteiger partial charge in [0.1, 0.15) is 0 Å². The summed E-state index contributed by atoms with van der Waals surface area (Å²) in [6.07, 6.45) is 20.0. The molecule has 77 valence electrons.